The summed E-state index contributed by atoms with van der Waals surface area (Å²) >= 11 is 0. The summed E-state index contributed by atoms with van der Waals surface area (Å²) in [5, 5.41) is 4.40. The molecule has 0 aromatic carbocycles. The molecule has 1 saturated heterocycles. The first-order valence-corrected chi connectivity index (χ1v) is 4.20. The van der Waals surface area contributed by atoms with E-state index in [1.54, 1.807) is 12.1 Å². The Morgan fingerprint density at radius 3 is 2.42 bits per heavy atom. The highest BCUT2D eigenvalue weighted by Crippen LogP contribution is 2.32. The molecule has 1 aliphatic rings. The third kappa shape index (κ3) is 1.44. The molecule has 1 fully saturated rings. The lowest BCUT2D eigenvalue weighted by atomic mass is 9.74. The molecule has 0 aromatic heterocycles. The Balaban J connectivity index is 2.54. The Bertz CT molecular complexity index is 185. The Kier molecular flexibility index (Phi) is 2.39. The van der Waals surface area contributed by atoms with Gasteiger partial charge in [-0.05, 0) is 0 Å². The minimum Gasteiger partial charge on any atom is -0.359 e. The van der Waals surface area contributed by atoms with E-state index in [1.807, 2.05) is 13.8 Å². The fourth-order valence-corrected chi connectivity index (χ4v) is 1.48. The summed E-state index contributed by atoms with van der Waals surface area (Å²) in [5.41, 5.74) is -0.287. The van der Waals surface area contributed by atoms with Crippen LogP contribution < -0.4 is 11.2 Å². The summed E-state index contributed by atoms with van der Waals surface area (Å²) < 4.78 is 0. The smallest absolute Gasteiger partial charge is 0.225 e. The molecule has 1 rings (SSSR count). The lowest BCUT2D eigenvalue weighted by molar-refractivity contribution is -0.135. The van der Waals surface area contributed by atoms with E-state index in [1.165, 1.54) is 0 Å². The molecule has 12 heavy (non-hydrogen) atoms. The molecule has 0 saturated carbocycles. The van der Waals surface area contributed by atoms with Gasteiger partial charge in [-0.1, -0.05) is 13.8 Å². The summed E-state index contributed by atoms with van der Waals surface area (Å²) in [6, 6.07) is 0. The molecule has 0 aromatic rings. The van der Waals surface area contributed by atoms with Gasteiger partial charge in [-0.3, -0.25) is 10.6 Å². The molecule has 3 N–H and O–H groups in total. The standard InChI is InChI=1S/C8H17N3O/c1-8(2,7(12)10-3)6-4-11(9)5-6/h6H,4-5,9H2,1-3H3,(H,10,12). The summed E-state index contributed by atoms with van der Waals surface area (Å²) in [6.07, 6.45) is 0. The molecule has 0 radical (unpaired) electrons. The number of nitrogens with zero attached hydrogens (tertiary/aromatic N) is 1. The number of amides is 1. The molecule has 70 valence electrons. The number of carbonyl (C=O) groups is 1. The minimum absolute atomic E-state index is 0.0978. The van der Waals surface area contributed by atoms with Crippen LogP contribution >= 0.6 is 0 Å². The first kappa shape index (κ1) is 9.48. The Morgan fingerprint density at radius 1 is 1.58 bits per heavy atom. The van der Waals surface area contributed by atoms with Crippen molar-refractivity contribution in [1.82, 2.24) is 10.3 Å². The van der Waals surface area contributed by atoms with E-state index >= 15 is 0 Å². The zero-order chi connectivity index (χ0) is 9.35. The number of nitrogens with one attached hydrogen (secondary N) is 1. The van der Waals surface area contributed by atoms with E-state index in [0.29, 0.717) is 5.92 Å². The number of hydrogen-bond acceptors (Lipinski definition) is 3. The molecule has 0 atom stereocenters. The van der Waals surface area contributed by atoms with Crippen molar-refractivity contribution < 1.29 is 4.79 Å². The van der Waals surface area contributed by atoms with Gasteiger partial charge in [0.2, 0.25) is 5.91 Å². The molecule has 1 amide bonds. The van der Waals surface area contributed by atoms with Gasteiger partial charge in [0, 0.05) is 31.5 Å². The van der Waals surface area contributed by atoms with Crippen LogP contribution in [0.2, 0.25) is 0 Å². The molecule has 1 heterocycles. The van der Waals surface area contributed by atoms with E-state index in [2.05, 4.69) is 5.32 Å². The van der Waals surface area contributed by atoms with Crippen molar-refractivity contribution in [2.75, 3.05) is 20.1 Å². The van der Waals surface area contributed by atoms with Crippen LogP contribution in [-0.4, -0.2) is 31.1 Å². The van der Waals surface area contributed by atoms with E-state index in [9.17, 15) is 4.79 Å². The normalized spacial score (nSPS) is 20.3. The second-order valence-electron chi connectivity index (χ2n) is 3.95. The molecule has 0 spiro atoms. The van der Waals surface area contributed by atoms with Crippen LogP contribution in [0, 0.1) is 11.3 Å². The van der Waals surface area contributed by atoms with Gasteiger partial charge in [0.1, 0.15) is 0 Å². The van der Waals surface area contributed by atoms with Gasteiger partial charge in [-0.15, -0.1) is 0 Å². The molecule has 0 unspecified atom stereocenters. The van der Waals surface area contributed by atoms with Gasteiger partial charge in [0.05, 0.1) is 0 Å². The maximum atomic E-state index is 11.4. The summed E-state index contributed by atoms with van der Waals surface area (Å²) in [5.74, 6) is 6.00. The van der Waals surface area contributed by atoms with E-state index in [-0.39, 0.29) is 11.3 Å². The fraction of sp³-hybridized carbons (Fsp3) is 0.875. The topological polar surface area (TPSA) is 58.4 Å². The third-order valence-corrected chi connectivity index (χ3v) is 2.74. The van der Waals surface area contributed by atoms with E-state index in [0.717, 1.165) is 13.1 Å². The number of carbonyl (C=O) groups excluding carboxylic acids is 1. The maximum Gasteiger partial charge on any atom is 0.225 e. The monoisotopic (exact) mass is 171 g/mol. The summed E-state index contributed by atoms with van der Waals surface area (Å²) in [7, 11) is 1.67. The van der Waals surface area contributed by atoms with Crippen molar-refractivity contribution in [1.29, 1.82) is 0 Å². The van der Waals surface area contributed by atoms with E-state index < -0.39 is 0 Å². The van der Waals surface area contributed by atoms with Gasteiger partial charge in [-0.25, -0.2) is 5.01 Å². The number of nitrogens with two attached hydrogens (primary N) is 1. The molecule has 4 heteroatoms. The lowest BCUT2D eigenvalue weighted by Crippen LogP contribution is -2.59. The molecular formula is C8H17N3O. The van der Waals surface area contributed by atoms with Crippen LogP contribution in [0.4, 0.5) is 0 Å². The maximum absolute atomic E-state index is 11.4. The van der Waals surface area contributed by atoms with Crippen molar-refractivity contribution in [3.8, 4) is 0 Å². The minimum atomic E-state index is -0.287. The zero-order valence-electron chi connectivity index (χ0n) is 7.92. The second kappa shape index (κ2) is 3.03. The predicted molar refractivity (Wildman–Crippen MR) is 47.1 cm³/mol. The largest absolute Gasteiger partial charge is 0.359 e. The van der Waals surface area contributed by atoms with Crippen molar-refractivity contribution in [2.45, 2.75) is 13.8 Å². The molecule has 0 aliphatic carbocycles. The number of rotatable bonds is 2. The van der Waals surface area contributed by atoms with Crippen LogP contribution in [0.3, 0.4) is 0 Å². The number of hydrazine groups is 1. The van der Waals surface area contributed by atoms with Crippen LogP contribution in [0.15, 0.2) is 0 Å². The quantitative estimate of drug-likeness (QED) is 0.554. The molecule has 0 bridgehead atoms. The Morgan fingerprint density at radius 2 is 2.08 bits per heavy atom. The first-order chi connectivity index (χ1) is 5.48. The second-order valence-corrected chi connectivity index (χ2v) is 3.95. The SMILES string of the molecule is CNC(=O)C(C)(C)C1CN(N)C1. The molecule has 1 aliphatic heterocycles. The van der Waals surface area contributed by atoms with Gasteiger partial charge in [-0.2, -0.15) is 0 Å². The first-order valence-electron chi connectivity index (χ1n) is 4.20. The zero-order valence-corrected chi connectivity index (χ0v) is 7.92. The molecular weight excluding hydrogens is 154 g/mol. The highest BCUT2D eigenvalue weighted by atomic mass is 16.2. The fourth-order valence-electron chi connectivity index (χ4n) is 1.48. The molecule has 4 nitrogen and oxygen atoms in total. The summed E-state index contributed by atoms with van der Waals surface area (Å²) in [6.45, 7) is 5.56. The van der Waals surface area contributed by atoms with E-state index in [4.69, 9.17) is 5.84 Å². The third-order valence-electron chi connectivity index (χ3n) is 2.74. The lowest BCUT2D eigenvalue weighted by Gasteiger charge is -2.44. The van der Waals surface area contributed by atoms with Gasteiger partial charge < -0.3 is 5.32 Å². The van der Waals surface area contributed by atoms with Gasteiger partial charge >= 0.3 is 0 Å². The average Bonchev–Trinajstić information content (AvgIpc) is 1.96. The number of hydrogen-bond donors (Lipinski definition) is 2. The highest BCUT2D eigenvalue weighted by molar-refractivity contribution is 5.82. The van der Waals surface area contributed by atoms with Crippen LogP contribution in [0.25, 0.3) is 0 Å². The van der Waals surface area contributed by atoms with Crippen LogP contribution in [0.5, 0.6) is 0 Å². The van der Waals surface area contributed by atoms with Gasteiger partial charge in [0.25, 0.3) is 0 Å². The van der Waals surface area contributed by atoms with Crippen LogP contribution in [0.1, 0.15) is 13.8 Å². The van der Waals surface area contributed by atoms with Crippen molar-refractivity contribution >= 4 is 5.91 Å². The average molecular weight is 171 g/mol. The Hall–Kier alpha value is -0.610. The van der Waals surface area contributed by atoms with Gasteiger partial charge in [0.15, 0.2) is 0 Å². The highest BCUT2D eigenvalue weighted by Gasteiger charge is 2.42. The predicted octanol–water partition coefficient (Wildman–Crippen LogP) is -0.436. The van der Waals surface area contributed by atoms with Crippen molar-refractivity contribution in [3.63, 3.8) is 0 Å². The van der Waals surface area contributed by atoms with Crippen molar-refractivity contribution in [2.24, 2.45) is 17.2 Å². The van der Waals surface area contributed by atoms with Crippen molar-refractivity contribution in [3.05, 3.63) is 0 Å². The summed E-state index contributed by atoms with van der Waals surface area (Å²) in [4.78, 5) is 11.4. The Labute approximate surface area is 73.1 Å². The van der Waals surface area contributed by atoms with Crippen LogP contribution in [-0.2, 0) is 4.79 Å².